The Balaban J connectivity index is 1.75. The normalized spacial score (nSPS) is 16.0. The number of rotatable bonds is 6. The number of carbonyl (C=O) groups excluding carboxylic acids is 2. The fourth-order valence-electron chi connectivity index (χ4n) is 2.12. The van der Waals surface area contributed by atoms with Gasteiger partial charge in [0.15, 0.2) is 4.34 Å². The van der Waals surface area contributed by atoms with Crippen LogP contribution < -0.4 is 11.1 Å². The maximum atomic E-state index is 12.1. The first kappa shape index (κ1) is 16.0. The summed E-state index contributed by atoms with van der Waals surface area (Å²) in [5, 5.41) is 11.9. The van der Waals surface area contributed by atoms with Crippen LogP contribution in [0.15, 0.2) is 4.34 Å². The van der Waals surface area contributed by atoms with Crippen molar-refractivity contribution in [2.24, 2.45) is 11.7 Å². The molecule has 2 rings (SSSR count). The number of amides is 2. The van der Waals surface area contributed by atoms with Gasteiger partial charge >= 0.3 is 0 Å². The van der Waals surface area contributed by atoms with Gasteiger partial charge in [-0.15, -0.1) is 10.2 Å². The first-order valence-electron chi connectivity index (χ1n) is 6.87. The van der Waals surface area contributed by atoms with E-state index in [0.29, 0.717) is 31.7 Å². The van der Waals surface area contributed by atoms with Crippen LogP contribution in [0.3, 0.4) is 0 Å². The number of nitrogens with zero attached hydrogens (tertiary/aromatic N) is 3. The number of thioether (sulfide) groups is 1. The highest BCUT2D eigenvalue weighted by Crippen LogP contribution is 2.26. The minimum Gasteiger partial charge on any atom is -0.369 e. The summed E-state index contributed by atoms with van der Waals surface area (Å²) in [5.74, 6) is 0.0686. The van der Waals surface area contributed by atoms with Gasteiger partial charge in [-0.05, 0) is 19.8 Å². The lowest BCUT2D eigenvalue weighted by Crippen LogP contribution is -2.42. The van der Waals surface area contributed by atoms with E-state index in [1.54, 1.807) is 4.90 Å². The lowest BCUT2D eigenvalue weighted by molar-refractivity contribution is -0.132. The fraction of sp³-hybridized carbons (Fsp3) is 0.667. The topological polar surface area (TPSA) is 101 Å². The summed E-state index contributed by atoms with van der Waals surface area (Å²) in [5.41, 5.74) is 5.28. The molecule has 7 nitrogen and oxygen atoms in total. The van der Waals surface area contributed by atoms with Gasteiger partial charge in [-0.2, -0.15) is 0 Å². The molecule has 1 aromatic heterocycles. The van der Waals surface area contributed by atoms with Crippen LogP contribution in [0.5, 0.6) is 0 Å². The zero-order valence-corrected chi connectivity index (χ0v) is 13.5. The second kappa shape index (κ2) is 7.60. The SMILES string of the molecule is CCNc1nnc(SCC(=O)N2CCC(C(N)=O)CC2)s1. The van der Waals surface area contributed by atoms with Crippen molar-refractivity contribution in [2.75, 3.05) is 30.7 Å². The van der Waals surface area contributed by atoms with Crippen LogP contribution in [-0.2, 0) is 9.59 Å². The highest BCUT2D eigenvalue weighted by Gasteiger charge is 2.25. The van der Waals surface area contributed by atoms with E-state index in [9.17, 15) is 9.59 Å². The molecule has 0 aliphatic carbocycles. The van der Waals surface area contributed by atoms with Gasteiger partial charge in [0.05, 0.1) is 5.75 Å². The van der Waals surface area contributed by atoms with Crippen molar-refractivity contribution in [1.82, 2.24) is 15.1 Å². The zero-order chi connectivity index (χ0) is 15.2. The van der Waals surface area contributed by atoms with Crippen molar-refractivity contribution >= 4 is 40.0 Å². The van der Waals surface area contributed by atoms with Crippen LogP contribution >= 0.6 is 23.1 Å². The zero-order valence-electron chi connectivity index (χ0n) is 11.9. The van der Waals surface area contributed by atoms with Crippen LogP contribution in [0.1, 0.15) is 19.8 Å². The highest BCUT2D eigenvalue weighted by atomic mass is 32.2. The molecule has 2 heterocycles. The highest BCUT2D eigenvalue weighted by molar-refractivity contribution is 8.01. The summed E-state index contributed by atoms with van der Waals surface area (Å²) in [4.78, 5) is 25.0. The smallest absolute Gasteiger partial charge is 0.233 e. The second-order valence-corrected chi connectivity index (χ2v) is 6.95. The number of nitrogens with one attached hydrogen (secondary N) is 1. The summed E-state index contributed by atoms with van der Waals surface area (Å²) < 4.78 is 0.784. The van der Waals surface area contributed by atoms with E-state index in [4.69, 9.17) is 5.73 Å². The average Bonchev–Trinajstić information content (AvgIpc) is 2.93. The number of carbonyl (C=O) groups is 2. The maximum absolute atomic E-state index is 12.1. The van der Waals surface area contributed by atoms with Gasteiger partial charge in [0, 0.05) is 25.6 Å². The molecule has 1 fully saturated rings. The summed E-state index contributed by atoms with van der Waals surface area (Å²) in [6, 6.07) is 0. The molecule has 1 aliphatic rings. The van der Waals surface area contributed by atoms with Crippen molar-refractivity contribution in [1.29, 1.82) is 0 Å². The average molecular weight is 329 g/mol. The first-order chi connectivity index (χ1) is 10.1. The van der Waals surface area contributed by atoms with E-state index in [2.05, 4.69) is 15.5 Å². The van der Waals surface area contributed by atoms with E-state index >= 15 is 0 Å². The van der Waals surface area contributed by atoms with Gasteiger partial charge in [-0.25, -0.2) is 0 Å². The van der Waals surface area contributed by atoms with Gasteiger partial charge < -0.3 is 16.0 Å². The van der Waals surface area contributed by atoms with Crippen molar-refractivity contribution in [3.05, 3.63) is 0 Å². The Morgan fingerprint density at radius 1 is 1.43 bits per heavy atom. The van der Waals surface area contributed by atoms with Crippen LogP contribution in [0.25, 0.3) is 0 Å². The summed E-state index contributed by atoms with van der Waals surface area (Å²) >= 11 is 2.85. The Hall–Kier alpha value is -1.35. The summed E-state index contributed by atoms with van der Waals surface area (Å²) in [7, 11) is 0. The van der Waals surface area contributed by atoms with E-state index in [-0.39, 0.29) is 17.7 Å². The molecule has 0 atom stereocenters. The van der Waals surface area contributed by atoms with Crippen LogP contribution in [-0.4, -0.2) is 52.3 Å². The van der Waals surface area contributed by atoms with Crippen molar-refractivity contribution in [3.8, 4) is 0 Å². The van der Waals surface area contributed by atoms with Crippen LogP contribution in [0.4, 0.5) is 5.13 Å². The number of primary amides is 1. The Kier molecular flexibility index (Phi) is 5.80. The van der Waals surface area contributed by atoms with Gasteiger partial charge in [0.2, 0.25) is 16.9 Å². The molecule has 1 aromatic rings. The molecule has 116 valence electrons. The maximum Gasteiger partial charge on any atom is 0.233 e. The second-order valence-electron chi connectivity index (χ2n) is 4.75. The van der Waals surface area contributed by atoms with Gasteiger partial charge in [0.25, 0.3) is 0 Å². The molecule has 3 N–H and O–H groups in total. The third-order valence-corrected chi connectivity index (χ3v) is 5.30. The van der Waals surface area contributed by atoms with Gasteiger partial charge in [0.1, 0.15) is 0 Å². The van der Waals surface area contributed by atoms with E-state index in [0.717, 1.165) is 16.0 Å². The predicted molar refractivity (Wildman–Crippen MR) is 83.3 cm³/mol. The van der Waals surface area contributed by atoms with Crippen molar-refractivity contribution in [3.63, 3.8) is 0 Å². The minimum absolute atomic E-state index is 0.0723. The Bertz CT molecular complexity index is 500. The molecule has 0 aromatic carbocycles. The molecule has 1 aliphatic heterocycles. The molecule has 0 unspecified atom stereocenters. The third kappa shape index (κ3) is 4.57. The Morgan fingerprint density at radius 2 is 2.14 bits per heavy atom. The fourth-order valence-corrected chi connectivity index (χ4v) is 3.84. The van der Waals surface area contributed by atoms with E-state index in [1.165, 1.54) is 23.1 Å². The molecule has 0 saturated carbocycles. The summed E-state index contributed by atoms with van der Waals surface area (Å²) in [6.45, 7) is 4.00. The lowest BCUT2D eigenvalue weighted by atomic mass is 9.96. The number of nitrogens with two attached hydrogens (primary N) is 1. The molecular formula is C12H19N5O2S2. The first-order valence-corrected chi connectivity index (χ1v) is 8.67. The number of anilines is 1. The Labute approximate surface area is 131 Å². The van der Waals surface area contributed by atoms with Gasteiger partial charge in [-0.1, -0.05) is 23.1 Å². The quantitative estimate of drug-likeness (QED) is 0.748. The lowest BCUT2D eigenvalue weighted by Gasteiger charge is -2.30. The predicted octanol–water partition coefficient (Wildman–Crippen LogP) is 0.786. The number of aromatic nitrogens is 2. The van der Waals surface area contributed by atoms with E-state index in [1.807, 2.05) is 6.92 Å². The van der Waals surface area contributed by atoms with Crippen LogP contribution in [0.2, 0.25) is 0 Å². The standard InChI is InChI=1S/C12H19N5O2S2/c1-2-14-11-15-16-12(21-11)20-7-9(18)17-5-3-8(4-6-17)10(13)19/h8H,2-7H2,1H3,(H2,13,19)(H,14,15). The monoisotopic (exact) mass is 329 g/mol. The number of likely N-dealkylation sites (tertiary alicyclic amines) is 1. The largest absolute Gasteiger partial charge is 0.369 e. The van der Waals surface area contributed by atoms with Crippen LogP contribution in [0, 0.1) is 5.92 Å². The molecule has 0 bridgehead atoms. The van der Waals surface area contributed by atoms with E-state index < -0.39 is 0 Å². The molecule has 0 radical (unpaired) electrons. The number of hydrogen-bond donors (Lipinski definition) is 2. The molecular weight excluding hydrogens is 310 g/mol. The summed E-state index contributed by atoms with van der Waals surface area (Å²) in [6.07, 6.45) is 1.32. The number of hydrogen-bond acceptors (Lipinski definition) is 7. The molecule has 1 saturated heterocycles. The number of piperidine rings is 1. The molecule has 2 amide bonds. The van der Waals surface area contributed by atoms with Crippen molar-refractivity contribution in [2.45, 2.75) is 24.1 Å². The van der Waals surface area contributed by atoms with Crippen molar-refractivity contribution < 1.29 is 9.59 Å². The van der Waals surface area contributed by atoms with Gasteiger partial charge in [-0.3, -0.25) is 9.59 Å². The molecule has 0 spiro atoms. The third-order valence-electron chi connectivity index (χ3n) is 3.30. The minimum atomic E-state index is -0.263. The Morgan fingerprint density at radius 3 is 2.76 bits per heavy atom. The molecule has 9 heteroatoms. The molecule has 21 heavy (non-hydrogen) atoms.